The van der Waals surface area contributed by atoms with E-state index in [-0.39, 0.29) is 24.9 Å². The molecule has 1 amide bonds. The molecule has 1 aliphatic carbocycles. The van der Waals surface area contributed by atoms with Gasteiger partial charge in [-0.15, -0.1) is 0 Å². The molecule has 1 saturated heterocycles. The van der Waals surface area contributed by atoms with Gasteiger partial charge in [-0.2, -0.15) is 0 Å². The van der Waals surface area contributed by atoms with E-state index < -0.39 is 11.2 Å². The van der Waals surface area contributed by atoms with Crippen LogP contribution in [0.25, 0.3) is 10.9 Å². The monoisotopic (exact) mass is 343 g/mol. The highest BCUT2D eigenvalue weighted by Crippen LogP contribution is 2.37. The molecule has 1 aromatic carbocycles. The molecule has 0 spiro atoms. The van der Waals surface area contributed by atoms with E-state index in [9.17, 15) is 14.4 Å². The van der Waals surface area contributed by atoms with Crippen LogP contribution >= 0.6 is 0 Å². The van der Waals surface area contributed by atoms with Gasteiger partial charge in [0.2, 0.25) is 5.91 Å². The first kappa shape index (κ1) is 16.1. The van der Waals surface area contributed by atoms with Crippen LogP contribution in [0.15, 0.2) is 33.9 Å². The fourth-order valence-electron chi connectivity index (χ4n) is 3.92. The molecule has 2 aliphatic rings. The zero-order valence-corrected chi connectivity index (χ0v) is 13.9. The molecule has 2 heterocycles. The normalized spacial score (nSPS) is 25.2. The van der Waals surface area contributed by atoms with Crippen molar-refractivity contribution >= 4 is 16.8 Å². The molecule has 0 radical (unpaired) electrons. The Labute approximate surface area is 144 Å². The summed E-state index contributed by atoms with van der Waals surface area (Å²) in [5.41, 5.74) is -0.339. The van der Waals surface area contributed by atoms with Crippen molar-refractivity contribution in [3.05, 3.63) is 45.1 Å². The summed E-state index contributed by atoms with van der Waals surface area (Å²) in [6.07, 6.45) is 3.51. The number of H-pyrrole nitrogens is 1. The first-order chi connectivity index (χ1) is 12.1. The number of benzene rings is 1. The number of para-hydroxylation sites is 1. The Balaban J connectivity index is 1.43. The maximum Gasteiger partial charge on any atom is 0.328 e. The van der Waals surface area contributed by atoms with Crippen LogP contribution < -0.4 is 16.6 Å². The molecule has 7 nitrogen and oxygen atoms in total. The van der Waals surface area contributed by atoms with Gasteiger partial charge in [0.15, 0.2) is 0 Å². The van der Waals surface area contributed by atoms with Crippen molar-refractivity contribution in [2.24, 2.45) is 5.92 Å². The zero-order chi connectivity index (χ0) is 17.4. The Morgan fingerprint density at radius 2 is 2.16 bits per heavy atom. The Kier molecular flexibility index (Phi) is 4.17. The summed E-state index contributed by atoms with van der Waals surface area (Å²) in [7, 11) is 0. The third kappa shape index (κ3) is 3.00. The van der Waals surface area contributed by atoms with E-state index in [2.05, 4.69) is 10.3 Å². The van der Waals surface area contributed by atoms with Crippen molar-refractivity contribution in [1.82, 2.24) is 14.9 Å². The highest BCUT2D eigenvalue weighted by molar-refractivity contribution is 5.79. The Hall–Kier alpha value is -2.41. The smallest absolute Gasteiger partial charge is 0.328 e. The molecular formula is C18H21N3O4. The number of nitrogens with one attached hydrogen (secondary N) is 2. The van der Waals surface area contributed by atoms with Gasteiger partial charge in [-0.25, -0.2) is 4.79 Å². The molecule has 0 unspecified atom stereocenters. The van der Waals surface area contributed by atoms with Gasteiger partial charge in [-0.05, 0) is 31.4 Å². The maximum absolute atomic E-state index is 12.3. The second kappa shape index (κ2) is 6.48. The van der Waals surface area contributed by atoms with Gasteiger partial charge in [0.1, 0.15) is 0 Å². The number of ether oxygens (including phenoxy) is 1. The van der Waals surface area contributed by atoms with Gasteiger partial charge >= 0.3 is 5.69 Å². The van der Waals surface area contributed by atoms with Crippen LogP contribution in [0, 0.1) is 5.92 Å². The van der Waals surface area contributed by atoms with Gasteiger partial charge in [-0.3, -0.25) is 19.1 Å². The minimum absolute atomic E-state index is 0.0730. The SMILES string of the molecule is O=C(CCn1c(=O)[nH]c(=O)c2ccccc21)N[C@@H]1C[C@H]2OCCC[C@H]12. The largest absolute Gasteiger partial charge is 0.378 e. The highest BCUT2D eigenvalue weighted by Gasteiger charge is 2.43. The van der Waals surface area contributed by atoms with E-state index in [1.807, 2.05) is 0 Å². The van der Waals surface area contributed by atoms with E-state index in [0.29, 0.717) is 22.9 Å². The number of hydrogen-bond acceptors (Lipinski definition) is 4. The molecule has 7 heteroatoms. The minimum atomic E-state index is -0.485. The van der Waals surface area contributed by atoms with E-state index in [1.54, 1.807) is 24.3 Å². The van der Waals surface area contributed by atoms with E-state index >= 15 is 0 Å². The number of carbonyl (C=O) groups excluding carboxylic acids is 1. The first-order valence-electron chi connectivity index (χ1n) is 8.76. The van der Waals surface area contributed by atoms with Gasteiger partial charge in [0.05, 0.1) is 17.0 Å². The Bertz CT molecular complexity index is 916. The van der Waals surface area contributed by atoms with Crippen LogP contribution in [0.1, 0.15) is 25.7 Å². The molecular weight excluding hydrogens is 322 g/mol. The summed E-state index contributed by atoms with van der Waals surface area (Å²) in [4.78, 5) is 38.5. The number of amides is 1. The van der Waals surface area contributed by atoms with E-state index in [4.69, 9.17) is 4.74 Å². The lowest BCUT2D eigenvalue weighted by molar-refractivity contribution is -0.131. The van der Waals surface area contributed by atoms with Crippen molar-refractivity contribution in [3.8, 4) is 0 Å². The lowest BCUT2D eigenvalue weighted by Crippen LogP contribution is -2.57. The fraction of sp³-hybridized carbons (Fsp3) is 0.500. The third-order valence-corrected chi connectivity index (χ3v) is 5.31. The molecule has 132 valence electrons. The van der Waals surface area contributed by atoms with E-state index in [0.717, 1.165) is 25.9 Å². The summed E-state index contributed by atoms with van der Waals surface area (Å²) in [6.45, 7) is 1.06. The molecule has 1 aromatic heterocycles. The Morgan fingerprint density at radius 3 is 3.00 bits per heavy atom. The lowest BCUT2D eigenvalue weighted by Gasteiger charge is -2.47. The Morgan fingerprint density at radius 1 is 1.32 bits per heavy atom. The molecule has 1 saturated carbocycles. The number of aromatic amines is 1. The predicted molar refractivity (Wildman–Crippen MR) is 92.5 cm³/mol. The molecule has 3 atom stereocenters. The summed E-state index contributed by atoms with van der Waals surface area (Å²) >= 11 is 0. The lowest BCUT2D eigenvalue weighted by atomic mass is 9.72. The van der Waals surface area contributed by atoms with Gasteiger partial charge < -0.3 is 10.1 Å². The number of aryl methyl sites for hydroxylation is 1. The minimum Gasteiger partial charge on any atom is -0.378 e. The summed E-state index contributed by atoms with van der Waals surface area (Å²) in [6, 6.07) is 7.09. The third-order valence-electron chi connectivity index (χ3n) is 5.31. The van der Waals surface area contributed by atoms with Gasteiger partial charge in [0, 0.05) is 31.5 Å². The second-order valence-corrected chi connectivity index (χ2v) is 6.80. The summed E-state index contributed by atoms with van der Waals surface area (Å²) in [5.74, 6) is 0.352. The predicted octanol–water partition coefficient (Wildman–Crippen LogP) is 0.764. The molecule has 1 aliphatic heterocycles. The van der Waals surface area contributed by atoms with Gasteiger partial charge in [-0.1, -0.05) is 12.1 Å². The first-order valence-corrected chi connectivity index (χ1v) is 8.76. The van der Waals surface area contributed by atoms with E-state index in [1.165, 1.54) is 4.57 Å². The summed E-state index contributed by atoms with van der Waals surface area (Å²) in [5, 5.41) is 3.51. The highest BCUT2D eigenvalue weighted by atomic mass is 16.5. The molecule has 0 bridgehead atoms. The van der Waals surface area contributed by atoms with Crippen LogP contribution in [0.3, 0.4) is 0 Å². The van der Waals surface area contributed by atoms with Crippen LogP contribution in [0.5, 0.6) is 0 Å². The second-order valence-electron chi connectivity index (χ2n) is 6.80. The number of hydrogen-bond donors (Lipinski definition) is 2. The molecule has 25 heavy (non-hydrogen) atoms. The van der Waals surface area contributed by atoms with Gasteiger partial charge in [0.25, 0.3) is 5.56 Å². The number of nitrogens with zero attached hydrogens (tertiary/aromatic N) is 1. The zero-order valence-electron chi connectivity index (χ0n) is 13.9. The van der Waals surface area contributed by atoms with Crippen LogP contribution in [-0.4, -0.2) is 34.2 Å². The van der Waals surface area contributed by atoms with Crippen molar-refractivity contribution < 1.29 is 9.53 Å². The summed E-state index contributed by atoms with van der Waals surface area (Å²) < 4.78 is 7.11. The number of aromatic nitrogens is 2. The van der Waals surface area contributed by atoms with Crippen molar-refractivity contribution in [3.63, 3.8) is 0 Å². The number of carbonyl (C=O) groups is 1. The maximum atomic E-state index is 12.3. The number of rotatable bonds is 4. The fourth-order valence-corrected chi connectivity index (χ4v) is 3.92. The quantitative estimate of drug-likeness (QED) is 0.857. The molecule has 4 rings (SSSR count). The van der Waals surface area contributed by atoms with Crippen LogP contribution in [0.4, 0.5) is 0 Å². The average molecular weight is 343 g/mol. The average Bonchev–Trinajstić information content (AvgIpc) is 2.59. The number of fused-ring (bicyclic) bond motifs is 2. The molecule has 2 fully saturated rings. The topological polar surface area (TPSA) is 93.2 Å². The molecule has 2 aromatic rings. The van der Waals surface area contributed by atoms with Crippen LogP contribution in [-0.2, 0) is 16.1 Å². The molecule has 2 N–H and O–H groups in total. The van der Waals surface area contributed by atoms with Crippen molar-refractivity contribution in [2.75, 3.05) is 6.61 Å². The van der Waals surface area contributed by atoms with Crippen molar-refractivity contribution in [1.29, 1.82) is 0 Å². The standard InChI is InChI=1S/C18H21N3O4/c22-16(19-13-10-15-11(13)5-3-9-25-15)7-8-21-14-6-2-1-4-12(14)17(23)20-18(21)24/h1-2,4,6,11,13,15H,3,5,7-10H2,(H,19,22)(H,20,23,24)/t11-,13-,15-/m1/s1. The van der Waals surface area contributed by atoms with Crippen LogP contribution in [0.2, 0.25) is 0 Å². The van der Waals surface area contributed by atoms with Crippen molar-refractivity contribution in [2.45, 2.75) is 44.4 Å².